The Morgan fingerprint density at radius 3 is 2.57 bits per heavy atom. The fourth-order valence-electron chi connectivity index (χ4n) is 2.76. The van der Waals surface area contributed by atoms with E-state index in [2.05, 4.69) is 15.9 Å². The molecule has 1 aliphatic heterocycles. The van der Waals surface area contributed by atoms with E-state index in [1.807, 2.05) is 0 Å². The van der Waals surface area contributed by atoms with Crippen molar-refractivity contribution < 1.29 is 17.9 Å². The molecular weight excluding hydrogens is 358 g/mol. The highest BCUT2D eigenvalue weighted by Crippen LogP contribution is 2.41. The predicted octanol–water partition coefficient (Wildman–Crippen LogP) is 2.43. The molecule has 5 nitrogen and oxygen atoms in total. The van der Waals surface area contributed by atoms with Crippen molar-refractivity contribution in [2.45, 2.75) is 30.6 Å². The van der Waals surface area contributed by atoms with Crippen LogP contribution < -0.4 is 15.2 Å². The van der Waals surface area contributed by atoms with Crippen LogP contribution in [0.1, 0.15) is 30.9 Å². The average Bonchev–Trinajstić information content (AvgIpc) is 2.45. The molecule has 2 unspecified atom stereocenters. The van der Waals surface area contributed by atoms with Gasteiger partial charge in [0.15, 0.2) is 9.84 Å². The molecule has 0 aromatic heterocycles. The van der Waals surface area contributed by atoms with Gasteiger partial charge in [0.05, 0.1) is 31.3 Å². The molecule has 1 aromatic rings. The third-order valence-electron chi connectivity index (χ3n) is 3.90. The molecule has 2 atom stereocenters. The van der Waals surface area contributed by atoms with Crippen LogP contribution in [0.3, 0.4) is 0 Å². The number of hydrogen-bond donors (Lipinski definition) is 1. The van der Waals surface area contributed by atoms with Crippen LogP contribution in [-0.2, 0) is 9.84 Å². The zero-order valence-electron chi connectivity index (χ0n) is 12.1. The largest absolute Gasteiger partial charge is 0.495 e. The molecule has 0 radical (unpaired) electrons. The third kappa shape index (κ3) is 3.19. The summed E-state index contributed by atoms with van der Waals surface area (Å²) in [5, 5.41) is -0.555. The molecule has 118 valence electrons. The monoisotopic (exact) mass is 377 g/mol. The summed E-state index contributed by atoms with van der Waals surface area (Å²) in [5.74, 6) is 1.36. The first-order valence-electron chi connectivity index (χ1n) is 6.80. The molecule has 21 heavy (non-hydrogen) atoms. The normalized spacial score (nSPS) is 22.6. The minimum Gasteiger partial charge on any atom is -0.495 e. The quantitative estimate of drug-likeness (QED) is 0.871. The second kappa shape index (κ2) is 6.54. The summed E-state index contributed by atoms with van der Waals surface area (Å²) in [6, 6.07) is 2.93. The highest BCUT2D eigenvalue weighted by Gasteiger charge is 2.36. The Labute approximate surface area is 133 Å². The van der Waals surface area contributed by atoms with Gasteiger partial charge in [0.25, 0.3) is 0 Å². The number of ether oxygens (including phenoxy) is 2. The van der Waals surface area contributed by atoms with Gasteiger partial charge in [-0.15, -0.1) is 0 Å². The third-order valence-corrected chi connectivity index (χ3v) is 6.96. The highest BCUT2D eigenvalue weighted by atomic mass is 79.9. The number of benzene rings is 1. The second-order valence-corrected chi connectivity index (χ2v) is 8.26. The van der Waals surface area contributed by atoms with E-state index in [-0.39, 0.29) is 5.75 Å². The van der Waals surface area contributed by atoms with Gasteiger partial charge in [-0.25, -0.2) is 8.42 Å². The van der Waals surface area contributed by atoms with Gasteiger partial charge >= 0.3 is 0 Å². The zero-order chi connectivity index (χ0) is 15.6. The van der Waals surface area contributed by atoms with Crippen molar-refractivity contribution in [3.8, 4) is 11.5 Å². The van der Waals surface area contributed by atoms with Gasteiger partial charge in [0.1, 0.15) is 16.0 Å². The minimum atomic E-state index is -3.15. The van der Waals surface area contributed by atoms with Crippen molar-refractivity contribution in [1.82, 2.24) is 0 Å². The van der Waals surface area contributed by atoms with E-state index in [9.17, 15) is 8.42 Å². The van der Waals surface area contributed by atoms with E-state index in [1.54, 1.807) is 19.2 Å². The molecule has 7 heteroatoms. The highest BCUT2D eigenvalue weighted by molar-refractivity contribution is 9.10. The lowest BCUT2D eigenvalue weighted by atomic mass is 9.99. The molecule has 1 aromatic carbocycles. The standard InChI is InChI=1S/C14H20BrNO4S/c1-19-10-7-6-9(14(20-2)12(10)15)13(16)11-5-3-4-8-21(11,17)18/h6-7,11,13H,3-5,8,16H2,1-2H3. The van der Waals surface area contributed by atoms with E-state index < -0.39 is 21.1 Å². The summed E-state index contributed by atoms with van der Waals surface area (Å²) in [5.41, 5.74) is 6.94. The lowest BCUT2D eigenvalue weighted by Crippen LogP contribution is -2.38. The van der Waals surface area contributed by atoms with Gasteiger partial charge in [-0.1, -0.05) is 6.42 Å². The van der Waals surface area contributed by atoms with Gasteiger partial charge in [0.2, 0.25) is 0 Å². The molecule has 0 saturated carbocycles. The molecule has 2 rings (SSSR count). The molecule has 0 aliphatic carbocycles. The lowest BCUT2D eigenvalue weighted by Gasteiger charge is -2.29. The van der Waals surface area contributed by atoms with Gasteiger partial charge in [-0.3, -0.25) is 0 Å². The minimum absolute atomic E-state index is 0.213. The van der Waals surface area contributed by atoms with Crippen molar-refractivity contribution in [2.24, 2.45) is 5.73 Å². The van der Waals surface area contributed by atoms with Crippen LogP contribution in [-0.4, -0.2) is 33.6 Å². The van der Waals surface area contributed by atoms with Gasteiger partial charge in [0, 0.05) is 5.56 Å². The summed E-state index contributed by atoms with van der Waals surface area (Å²) in [4.78, 5) is 0. The predicted molar refractivity (Wildman–Crippen MR) is 85.6 cm³/mol. The number of sulfone groups is 1. The number of hydrogen-bond acceptors (Lipinski definition) is 5. The first kappa shape index (κ1) is 16.6. The van der Waals surface area contributed by atoms with Crippen molar-refractivity contribution in [2.75, 3.05) is 20.0 Å². The van der Waals surface area contributed by atoms with E-state index in [4.69, 9.17) is 15.2 Å². The Morgan fingerprint density at radius 1 is 1.29 bits per heavy atom. The van der Waals surface area contributed by atoms with Crippen molar-refractivity contribution >= 4 is 25.8 Å². The maximum atomic E-state index is 12.2. The van der Waals surface area contributed by atoms with Crippen molar-refractivity contribution in [1.29, 1.82) is 0 Å². The SMILES string of the molecule is COc1ccc(C(N)C2CCCCS2(=O)=O)c(OC)c1Br. The van der Waals surface area contributed by atoms with E-state index >= 15 is 0 Å². The molecule has 0 amide bonds. The number of nitrogens with two attached hydrogens (primary N) is 1. The van der Waals surface area contributed by atoms with Crippen LogP contribution in [0, 0.1) is 0 Å². The van der Waals surface area contributed by atoms with Crippen LogP contribution in [0.2, 0.25) is 0 Å². The van der Waals surface area contributed by atoms with Crippen LogP contribution >= 0.6 is 15.9 Å². The second-order valence-electron chi connectivity index (χ2n) is 5.13. The van der Waals surface area contributed by atoms with Crippen molar-refractivity contribution in [3.63, 3.8) is 0 Å². The summed E-state index contributed by atoms with van der Waals surface area (Å²) >= 11 is 3.42. The zero-order valence-corrected chi connectivity index (χ0v) is 14.5. The molecule has 1 saturated heterocycles. The van der Waals surface area contributed by atoms with Gasteiger partial charge in [-0.05, 0) is 40.9 Å². The molecule has 0 spiro atoms. The molecule has 1 fully saturated rings. The fourth-order valence-corrected chi connectivity index (χ4v) is 5.48. The smallest absolute Gasteiger partial charge is 0.155 e. The Morgan fingerprint density at radius 2 is 2.00 bits per heavy atom. The van der Waals surface area contributed by atoms with E-state index in [0.29, 0.717) is 28.0 Å². The molecule has 1 aliphatic rings. The topological polar surface area (TPSA) is 78.6 Å². The lowest BCUT2D eigenvalue weighted by molar-refractivity contribution is 0.381. The number of methoxy groups -OCH3 is 2. The molecule has 0 bridgehead atoms. The fraction of sp³-hybridized carbons (Fsp3) is 0.571. The summed E-state index contributed by atoms with van der Waals surface area (Å²) in [6.45, 7) is 0. The Kier molecular flexibility index (Phi) is 5.16. The van der Waals surface area contributed by atoms with Crippen LogP contribution in [0.15, 0.2) is 16.6 Å². The average molecular weight is 378 g/mol. The van der Waals surface area contributed by atoms with Gasteiger partial charge in [-0.2, -0.15) is 0 Å². The summed E-state index contributed by atoms with van der Waals surface area (Å²) in [7, 11) is -0.0584. The molecule has 1 heterocycles. The Balaban J connectivity index is 2.43. The first-order chi connectivity index (χ1) is 9.92. The summed E-state index contributed by atoms with van der Waals surface area (Å²) < 4.78 is 35.8. The molecule has 2 N–H and O–H groups in total. The number of halogens is 1. The Hall–Kier alpha value is -0.790. The van der Waals surface area contributed by atoms with E-state index in [0.717, 1.165) is 12.8 Å². The van der Waals surface area contributed by atoms with Crippen LogP contribution in [0.25, 0.3) is 0 Å². The maximum absolute atomic E-state index is 12.2. The van der Waals surface area contributed by atoms with Crippen LogP contribution in [0.5, 0.6) is 11.5 Å². The molecular formula is C14H20BrNO4S. The number of rotatable bonds is 4. The Bertz CT molecular complexity index is 618. The summed E-state index contributed by atoms with van der Waals surface area (Å²) in [6.07, 6.45) is 2.20. The first-order valence-corrected chi connectivity index (χ1v) is 9.30. The van der Waals surface area contributed by atoms with Crippen molar-refractivity contribution in [3.05, 3.63) is 22.2 Å². The van der Waals surface area contributed by atoms with Crippen LogP contribution in [0.4, 0.5) is 0 Å². The maximum Gasteiger partial charge on any atom is 0.155 e. The van der Waals surface area contributed by atoms with E-state index in [1.165, 1.54) is 7.11 Å². The van der Waals surface area contributed by atoms with Gasteiger partial charge < -0.3 is 15.2 Å².